The van der Waals surface area contributed by atoms with Crippen molar-refractivity contribution in [3.8, 4) is 0 Å². The third kappa shape index (κ3) is 3.87. The number of hydrogen-bond donors (Lipinski definition) is 1. The zero-order valence-electron chi connectivity index (χ0n) is 9.70. The van der Waals surface area contributed by atoms with Crippen molar-refractivity contribution in [2.45, 2.75) is 73.0 Å². The van der Waals surface area contributed by atoms with Crippen LogP contribution in [0.1, 0.15) is 38.5 Å². The molecule has 5 heteroatoms. The Bertz CT molecular complexity index is 228. The van der Waals surface area contributed by atoms with Crippen LogP contribution in [-0.4, -0.2) is 39.5 Å². The van der Waals surface area contributed by atoms with Crippen LogP contribution < -0.4 is 0 Å². The minimum atomic E-state index is -0.455. The summed E-state index contributed by atoms with van der Waals surface area (Å²) in [5.41, 5.74) is 0. The Kier molecular flexibility index (Phi) is 5.26. The summed E-state index contributed by atoms with van der Waals surface area (Å²) in [7, 11) is 0. The van der Waals surface area contributed by atoms with E-state index in [1.165, 1.54) is 0 Å². The average Bonchev–Trinajstić information content (AvgIpc) is 2.25. The maximum absolute atomic E-state index is 9.93. The van der Waals surface area contributed by atoms with Gasteiger partial charge in [0.15, 0.2) is 0 Å². The molecular weight excluding hydrogens is 282 g/mol. The lowest BCUT2D eigenvalue weighted by atomic mass is 9.92. The van der Waals surface area contributed by atoms with Crippen molar-refractivity contribution in [2.75, 3.05) is 0 Å². The number of aliphatic hydroxyl groups excluding tert-OH is 1. The molecule has 2 aliphatic rings. The van der Waals surface area contributed by atoms with Crippen molar-refractivity contribution in [3.05, 3.63) is 0 Å². The lowest BCUT2D eigenvalue weighted by molar-refractivity contribution is -0.100. The molecule has 0 aromatic carbocycles. The van der Waals surface area contributed by atoms with Crippen molar-refractivity contribution < 1.29 is 9.84 Å². The van der Waals surface area contributed by atoms with E-state index in [0.717, 1.165) is 32.1 Å². The molecule has 0 heterocycles. The second-order valence-corrected chi connectivity index (χ2v) is 6.91. The van der Waals surface area contributed by atoms with E-state index in [0.29, 0.717) is 6.42 Å². The highest BCUT2D eigenvalue weighted by Gasteiger charge is 2.35. The van der Waals surface area contributed by atoms with E-state index in [1.54, 1.807) is 0 Å². The van der Waals surface area contributed by atoms with Crippen LogP contribution in [0.25, 0.3) is 0 Å². The standard InChI is InChI=1S/C12H19Cl3O2/c13-7-1-3-11(9(15)5-7)17-12-4-2-8(14)6-10(12)16/h7-12,16H,1-6H2. The van der Waals surface area contributed by atoms with E-state index in [9.17, 15) is 5.11 Å². The van der Waals surface area contributed by atoms with Gasteiger partial charge >= 0.3 is 0 Å². The number of alkyl halides is 3. The average molecular weight is 302 g/mol. The molecule has 2 nitrogen and oxygen atoms in total. The summed E-state index contributed by atoms with van der Waals surface area (Å²) in [6.07, 6.45) is 4.41. The molecule has 2 saturated carbocycles. The highest BCUT2D eigenvalue weighted by Crippen LogP contribution is 2.33. The summed E-state index contributed by atoms with van der Waals surface area (Å²) in [6.45, 7) is 0. The number of halogens is 3. The van der Waals surface area contributed by atoms with Crippen LogP contribution in [0.4, 0.5) is 0 Å². The van der Waals surface area contributed by atoms with Gasteiger partial charge in [-0.05, 0) is 38.5 Å². The van der Waals surface area contributed by atoms with Gasteiger partial charge in [0.05, 0.1) is 23.7 Å². The molecule has 2 aliphatic carbocycles. The van der Waals surface area contributed by atoms with E-state index in [2.05, 4.69) is 0 Å². The zero-order valence-corrected chi connectivity index (χ0v) is 12.0. The topological polar surface area (TPSA) is 29.5 Å². The minimum Gasteiger partial charge on any atom is -0.390 e. The summed E-state index contributed by atoms with van der Waals surface area (Å²) in [4.78, 5) is 0. The van der Waals surface area contributed by atoms with Crippen molar-refractivity contribution in [1.82, 2.24) is 0 Å². The number of hydrogen-bond acceptors (Lipinski definition) is 2. The van der Waals surface area contributed by atoms with E-state index >= 15 is 0 Å². The lowest BCUT2D eigenvalue weighted by Crippen LogP contribution is -2.42. The first-order chi connectivity index (χ1) is 8.06. The SMILES string of the molecule is OC1CC(Cl)CCC1OC1CCC(Cl)CC1Cl. The predicted molar refractivity (Wildman–Crippen MR) is 71.3 cm³/mol. The Balaban J connectivity index is 1.84. The van der Waals surface area contributed by atoms with Crippen molar-refractivity contribution in [2.24, 2.45) is 0 Å². The Morgan fingerprint density at radius 2 is 1.41 bits per heavy atom. The fourth-order valence-electron chi connectivity index (χ4n) is 2.65. The first-order valence-electron chi connectivity index (χ1n) is 6.32. The molecule has 0 amide bonds. The largest absolute Gasteiger partial charge is 0.390 e. The lowest BCUT2D eigenvalue weighted by Gasteiger charge is -2.37. The Morgan fingerprint density at radius 3 is 2.00 bits per heavy atom. The predicted octanol–water partition coefficient (Wildman–Crippen LogP) is 3.29. The first kappa shape index (κ1) is 14.2. The van der Waals surface area contributed by atoms with Gasteiger partial charge in [-0.15, -0.1) is 34.8 Å². The Morgan fingerprint density at radius 1 is 0.824 bits per heavy atom. The van der Waals surface area contributed by atoms with E-state index in [4.69, 9.17) is 39.5 Å². The monoisotopic (exact) mass is 300 g/mol. The zero-order chi connectivity index (χ0) is 12.4. The maximum Gasteiger partial charge on any atom is 0.0839 e. The molecule has 6 atom stereocenters. The van der Waals surface area contributed by atoms with Crippen LogP contribution in [0.2, 0.25) is 0 Å². The molecule has 0 aliphatic heterocycles. The molecule has 2 fully saturated rings. The summed E-state index contributed by atoms with van der Waals surface area (Å²) in [6, 6.07) is 0. The van der Waals surface area contributed by atoms with Gasteiger partial charge in [-0.1, -0.05) is 0 Å². The van der Waals surface area contributed by atoms with Crippen molar-refractivity contribution in [1.29, 1.82) is 0 Å². The second-order valence-electron chi connectivity index (χ2n) is 5.12. The van der Waals surface area contributed by atoms with Crippen LogP contribution in [0.3, 0.4) is 0 Å². The Labute approximate surface area is 118 Å². The van der Waals surface area contributed by atoms with Crippen LogP contribution in [0.5, 0.6) is 0 Å². The van der Waals surface area contributed by atoms with Gasteiger partial charge in [0.1, 0.15) is 0 Å². The van der Waals surface area contributed by atoms with Gasteiger partial charge in [0.25, 0.3) is 0 Å². The molecule has 2 rings (SSSR count). The fraction of sp³-hybridized carbons (Fsp3) is 1.00. The van der Waals surface area contributed by atoms with Gasteiger partial charge in [0.2, 0.25) is 0 Å². The second kappa shape index (κ2) is 6.29. The molecule has 1 N–H and O–H groups in total. The number of rotatable bonds is 2. The normalized spacial score (nSPS) is 48.0. The molecule has 0 aromatic rings. The molecule has 17 heavy (non-hydrogen) atoms. The molecule has 0 radical (unpaired) electrons. The van der Waals surface area contributed by atoms with Gasteiger partial charge in [-0.3, -0.25) is 0 Å². The smallest absolute Gasteiger partial charge is 0.0839 e. The van der Waals surface area contributed by atoms with Crippen molar-refractivity contribution in [3.63, 3.8) is 0 Å². The molecule has 0 spiro atoms. The first-order valence-corrected chi connectivity index (χ1v) is 7.63. The van der Waals surface area contributed by atoms with Crippen LogP contribution in [-0.2, 0) is 4.74 Å². The summed E-state index contributed by atoms with van der Waals surface area (Å²) in [5, 5.41) is 10.1. The van der Waals surface area contributed by atoms with Gasteiger partial charge in [0, 0.05) is 10.8 Å². The van der Waals surface area contributed by atoms with Crippen LogP contribution >= 0.6 is 34.8 Å². The van der Waals surface area contributed by atoms with Gasteiger partial charge < -0.3 is 9.84 Å². The third-order valence-electron chi connectivity index (χ3n) is 3.69. The van der Waals surface area contributed by atoms with Gasteiger partial charge in [-0.2, -0.15) is 0 Å². The fourth-order valence-corrected chi connectivity index (χ4v) is 3.76. The molecule has 6 unspecified atom stereocenters. The molecule has 100 valence electrons. The quantitative estimate of drug-likeness (QED) is 0.793. The molecule has 0 aromatic heterocycles. The molecule has 0 saturated heterocycles. The summed E-state index contributed by atoms with van der Waals surface area (Å²) >= 11 is 18.3. The number of ether oxygens (including phenoxy) is 1. The Hall–Kier alpha value is 0.790. The molecular formula is C12H19Cl3O2. The van der Waals surface area contributed by atoms with E-state index in [1.807, 2.05) is 0 Å². The maximum atomic E-state index is 9.93. The van der Waals surface area contributed by atoms with E-state index < -0.39 is 6.10 Å². The summed E-state index contributed by atoms with van der Waals surface area (Å²) in [5.74, 6) is 0. The molecule has 0 bridgehead atoms. The van der Waals surface area contributed by atoms with Crippen molar-refractivity contribution >= 4 is 34.8 Å². The highest BCUT2D eigenvalue weighted by atomic mass is 35.5. The van der Waals surface area contributed by atoms with Crippen LogP contribution in [0.15, 0.2) is 0 Å². The highest BCUT2D eigenvalue weighted by molar-refractivity contribution is 6.24. The van der Waals surface area contributed by atoms with Crippen LogP contribution in [0, 0.1) is 0 Å². The van der Waals surface area contributed by atoms with Gasteiger partial charge in [-0.25, -0.2) is 0 Å². The summed E-state index contributed by atoms with van der Waals surface area (Å²) < 4.78 is 5.95. The van der Waals surface area contributed by atoms with E-state index in [-0.39, 0.29) is 28.3 Å². The number of aliphatic hydroxyl groups is 1. The minimum absolute atomic E-state index is 0.0261. The third-order valence-corrected chi connectivity index (χ3v) is 4.94.